The van der Waals surface area contributed by atoms with Crippen LogP contribution < -0.4 is 4.74 Å². The van der Waals surface area contributed by atoms with E-state index in [1.54, 1.807) is 18.3 Å². The fourth-order valence-corrected chi connectivity index (χ4v) is 0.814. The summed E-state index contributed by atoms with van der Waals surface area (Å²) in [7, 11) is 0. The minimum absolute atomic E-state index is 0.140. The van der Waals surface area contributed by atoms with Crippen LogP contribution in [0.4, 0.5) is 0 Å². The monoisotopic (exact) mass is 187 g/mol. The molecule has 0 bridgehead atoms. The summed E-state index contributed by atoms with van der Waals surface area (Å²) >= 11 is 5.57. The quantitative estimate of drug-likeness (QED) is 0.574. The molecule has 0 aliphatic rings. The molecule has 0 radical (unpaired) electrons. The zero-order valence-corrected chi connectivity index (χ0v) is 7.29. The number of hydrogen-bond acceptors (Lipinski definition) is 3. The standard InChI is InChI=1S/C8H10ClNO2/c9-8-3-2-7(6-10-8)12-5-1-4-11/h2-3,6,11H,1,4-5H2. The summed E-state index contributed by atoms with van der Waals surface area (Å²) in [5, 5.41) is 8.92. The van der Waals surface area contributed by atoms with Crippen molar-refractivity contribution in [2.45, 2.75) is 6.42 Å². The van der Waals surface area contributed by atoms with Gasteiger partial charge in [-0.2, -0.15) is 0 Å². The van der Waals surface area contributed by atoms with Crippen molar-refractivity contribution in [1.29, 1.82) is 0 Å². The van der Waals surface area contributed by atoms with E-state index in [1.165, 1.54) is 0 Å². The van der Waals surface area contributed by atoms with Gasteiger partial charge in [0.05, 0.1) is 12.8 Å². The van der Waals surface area contributed by atoms with Crippen LogP contribution in [0, 0.1) is 0 Å². The van der Waals surface area contributed by atoms with Crippen LogP contribution in [0.15, 0.2) is 18.3 Å². The van der Waals surface area contributed by atoms with Crippen molar-refractivity contribution in [1.82, 2.24) is 4.98 Å². The first kappa shape index (κ1) is 9.29. The summed E-state index contributed by atoms with van der Waals surface area (Å²) in [6.07, 6.45) is 2.18. The van der Waals surface area contributed by atoms with Crippen LogP contribution >= 0.6 is 11.6 Å². The normalized spacial score (nSPS) is 9.83. The topological polar surface area (TPSA) is 42.4 Å². The fourth-order valence-electron chi connectivity index (χ4n) is 0.702. The molecule has 4 heteroatoms. The zero-order valence-electron chi connectivity index (χ0n) is 6.53. The number of hydrogen-bond donors (Lipinski definition) is 1. The number of aromatic nitrogens is 1. The van der Waals surface area contributed by atoms with Gasteiger partial charge in [-0.25, -0.2) is 4.98 Å². The third-order valence-electron chi connectivity index (χ3n) is 1.27. The summed E-state index contributed by atoms with van der Waals surface area (Å²) < 4.78 is 5.22. The highest BCUT2D eigenvalue weighted by Crippen LogP contribution is 2.11. The van der Waals surface area contributed by atoms with Gasteiger partial charge >= 0.3 is 0 Å². The van der Waals surface area contributed by atoms with Gasteiger partial charge in [0.15, 0.2) is 0 Å². The average Bonchev–Trinajstić information content (AvgIpc) is 2.09. The molecule has 0 aliphatic heterocycles. The molecule has 1 aromatic rings. The minimum atomic E-state index is 0.140. The Morgan fingerprint density at radius 2 is 2.33 bits per heavy atom. The van der Waals surface area contributed by atoms with E-state index in [0.717, 1.165) is 0 Å². The van der Waals surface area contributed by atoms with Gasteiger partial charge in [-0.3, -0.25) is 0 Å². The smallest absolute Gasteiger partial charge is 0.137 e. The van der Waals surface area contributed by atoms with Crippen LogP contribution in [0.5, 0.6) is 5.75 Å². The molecule has 66 valence electrons. The molecule has 1 rings (SSSR count). The molecule has 0 saturated carbocycles. The second kappa shape index (κ2) is 4.95. The van der Waals surface area contributed by atoms with Gasteiger partial charge in [0.2, 0.25) is 0 Å². The van der Waals surface area contributed by atoms with Gasteiger partial charge in [-0.15, -0.1) is 0 Å². The molecule has 0 aromatic carbocycles. The predicted octanol–water partition coefficient (Wildman–Crippen LogP) is 1.50. The molecule has 0 amide bonds. The highest BCUT2D eigenvalue weighted by Gasteiger charge is 1.93. The average molecular weight is 188 g/mol. The van der Waals surface area contributed by atoms with E-state index < -0.39 is 0 Å². The van der Waals surface area contributed by atoms with Gasteiger partial charge in [-0.05, 0) is 12.1 Å². The predicted molar refractivity (Wildman–Crippen MR) is 46.4 cm³/mol. The van der Waals surface area contributed by atoms with Crippen molar-refractivity contribution in [3.8, 4) is 5.75 Å². The summed E-state index contributed by atoms with van der Waals surface area (Å²) in [4.78, 5) is 3.84. The molecule has 12 heavy (non-hydrogen) atoms. The van der Waals surface area contributed by atoms with Crippen LogP contribution in [0.2, 0.25) is 5.15 Å². The lowest BCUT2D eigenvalue weighted by Gasteiger charge is -2.03. The summed E-state index contributed by atoms with van der Waals surface area (Å²) in [5.41, 5.74) is 0. The Bertz CT molecular complexity index is 225. The van der Waals surface area contributed by atoms with Crippen molar-refractivity contribution in [2.75, 3.05) is 13.2 Å². The van der Waals surface area contributed by atoms with E-state index in [9.17, 15) is 0 Å². The number of halogens is 1. The second-order valence-electron chi connectivity index (χ2n) is 2.24. The van der Waals surface area contributed by atoms with E-state index >= 15 is 0 Å². The zero-order chi connectivity index (χ0) is 8.81. The van der Waals surface area contributed by atoms with E-state index in [2.05, 4.69) is 4.98 Å². The molecular weight excluding hydrogens is 178 g/mol. The van der Waals surface area contributed by atoms with E-state index in [-0.39, 0.29) is 6.61 Å². The molecule has 0 spiro atoms. The van der Waals surface area contributed by atoms with Gasteiger partial charge in [-0.1, -0.05) is 11.6 Å². The van der Waals surface area contributed by atoms with Crippen LogP contribution in [0.1, 0.15) is 6.42 Å². The molecule has 1 aromatic heterocycles. The first-order valence-electron chi connectivity index (χ1n) is 3.68. The maximum atomic E-state index is 8.47. The Kier molecular flexibility index (Phi) is 3.84. The molecule has 1 heterocycles. The Morgan fingerprint density at radius 1 is 1.50 bits per heavy atom. The number of aliphatic hydroxyl groups excluding tert-OH is 1. The molecule has 3 nitrogen and oxygen atoms in total. The number of rotatable bonds is 4. The maximum Gasteiger partial charge on any atom is 0.137 e. The summed E-state index contributed by atoms with van der Waals surface area (Å²) in [6, 6.07) is 3.41. The molecule has 0 unspecified atom stereocenters. The highest BCUT2D eigenvalue weighted by atomic mass is 35.5. The summed E-state index contributed by atoms with van der Waals surface area (Å²) in [5.74, 6) is 0.674. The molecular formula is C8H10ClNO2. The number of ether oxygens (including phenoxy) is 1. The van der Waals surface area contributed by atoms with Gasteiger partial charge in [0.25, 0.3) is 0 Å². The fraction of sp³-hybridized carbons (Fsp3) is 0.375. The number of aliphatic hydroxyl groups is 1. The number of nitrogens with zero attached hydrogens (tertiary/aromatic N) is 1. The van der Waals surface area contributed by atoms with Crippen LogP contribution in [0.25, 0.3) is 0 Å². The van der Waals surface area contributed by atoms with Crippen molar-refractivity contribution in [3.05, 3.63) is 23.5 Å². The summed E-state index contributed by atoms with van der Waals surface area (Å²) in [6.45, 7) is 0.640. The van der Waals surface area contributed by atoms with Crippen molar-refractivity contribution < 1.29 is 9.84 Å². The number of pyridine rings is 1. The molecule has 0 aliphatic carbocycles. The van der Waals surface area contributed by atoms with Crippen LogP contribution in [0.3, 0.4) is 0 Å². The van der Waals surface area contributed by atoms with Crippen LogP contribution in [-0.4, -0.2) is 23.3 Å². The molecule has 0 atom stereocenters. The van der Waals surface area contributed by atoms with Gasteiger partial charge in [0.1, 0.15) is 10.9 Å². The van der Waals surface area contributed by atoms with E-state index in [0.29, 0.717) is 23.9 Å². The van der Waals surface area contributed by atoms with E-state index in [1.807, 2.05) is 0 Å². The second-order valence-corrected chi connectivity index (χ2v) is 2.63. The third-order valence-corrected chi connectivity index (χ3v) is 1.50. The molecule has 1 N–H and O–H groups in total. The van der Waals surface area contributed by atoms with Gasteiger partial charge in [0, 0.05) is 13.0 Å². The Hall–Kier alpha value is -0.800. The van der Waals surface area contributed by atoms with Crippen molar-refractivity contribution >= 4 is 11.6 Å². The lowest BCUT2D eigenvalue weighted by molar-refractivity contribution is 0.233. The first-order valence-corrected chi connectivity index (χ1v) is 4.06. The van der Waals surface area contributed by atoms with Crippen molar-refractivity contribution in [2.24, 2.45) is 0 Å². The largest absolute Gasteiger partial charge is 0.492 e. The molecule has 0 saturated heterocycles. The third kappa shape index (κ3) is 3.07. The van der Waals surface area contributed by atoms with Crippen molar-refractivity contribution in [3.63, 3.8) is 0 Å². The van der Waals surface area contributed by atoms with Crippen LogP contribution in [-0.2, 0) is 0 Å². The lowest BCUT2D eigenvalue weighted by Crippen LogP contribution is -1.99. The molecule has 0 fully saturated rings. The lowest BCUT2D eigenvalue weighted by atomic mass is 10.4. The Labute approximate surface area is 76.0 Å². The van der Waals surface area contributed by atoms with Gasteiger partial charge < -0.3 is 9.84 Å². The Morgan fingerprint density at radius 3 is 2.92 bits per heavy atom. The highest BCUT2D eigenvalue weighted by molar-refractivity contribution is 6.29. The Balaban J connectivity index is 2.37. The first-order chi connectivity index (χ1) is 5.83. The minimum Gasteiger partial charge on any atom is -0.492 e. The van der Waals surface area contributed by atoms with E-state index in [4.69, 9.17) is 21.4 Å². The maximum absolute atomic E-state index is 8.47. The SMILES string of the molecule is OCCCOc1ccc(Cl)nc1.